The third-order valence-corrected chi connectivity index (χ3v) is 3.39. The first-order valence-electron chi connectivity index (χ1n) is 7.01. The fourth-order valence-corrected chi connectivity index (χ4v) is 2.06. The minimum absolute atomic E-state index is 0.0482. The zero-order chi connectivity index (χ0) is 15.6. The third-order valence-electron chi connectivity index (χ3n) is 3.39. The standard InChI is InChI=1S/C16H20FN3O/c1-5-13-15(17)16(20-8-19-13)21-14-6-10(4)12(18)7-11(14)9(2)3/h6-9H,5,18H2,1-4H3. The SMILES string of the molecule is CCc1ncnc(Oc2cc(C)c(N)cc2C(C)C)c1F. The Morgan fingerprint density at radius 3 is 2.62 bits per heavy atom. The molecule has 0 radical (unpaired) electrons. The van der Waals surface area contributed by atoms with Crippen LogP contribution in [-0.4, -0.2) is 9.97 Å². The van der Waals surface area contributed by atoms with Gasteiger partial charge in [0.25, 0.3) is 5.88 Å². The van der Waals surface area contributed by atoms with Crippen LogP contribution in [-0.2, 0) is 6.42 Å². The Labute approximate surface area is 124 Å². The van der Waals surface area contributed by atoms with Crippen LogP contribution in [0.15, 0.2) is 18.5 Å². The summed E-state index contributed by atoms with van der Waals surface area (Å²) in [5.74, 6) is 0.229. The van der Waals surface area contributed by atoms with Crippen LogP contribution in [0.1, 0.15) is 43.5 Å². The molecule has 0 bridgehead atoms. The first kappa shape index (κ1) is 15.2. The maximum atomic E-state index is 14.2. The van der Waals surface area contributed by atoms with Crippen molar-refractivity contribution in [2.24, 2.45) is 0 Å². The molecule has 2 aromatic rings. The molecule has 4 nitrogen and oxygen atoms in total. The van der Waals surface area contributed by atoms with Crippen LogP contribution in [0.5, 0.6) is 11.6 Å². The minimum atomic E-state index is -0.510. The van der Waals surface area contributed by atoms with Gasteiger partial charge in [-0.25, -0.2) is 4.98 Å². The average molecular weight is 289 g/mol. The van der Waals surface area contributed by atoms with Crippen LogP contribution >= 0.6 is 0 Å². The van der Waals surface area contributed by atoms with E-state index >= 15 is 0 Å². The molecule has 0 fully saturated rings. The fourth-order valence-electron chi connectivity index (χ4n) is 2.06. The molecule has 1 heterocycles. The molecule has 1 aromatic heterocycles. The number of nitrogens with two attached hydrogens (primary N) is 1. The zero-order valence-electron chi connectivity index (χ0n) is 12.8. The van der Waals surface area contributed by atoms with E-state index in [4.69, 9.17) is 10.5 Å². The summed E-state index contributed by atoms with van der Waals surface area (Å²) in [5.41, 5.74) is 8.80. The summed E-state index contributed by atoms with van der Waals surface area (Å²) in [4.78, 5) is 7.80. The summed E-state index contributed by atoms with van der Waals surface area (Å²) in [6.07, 6.45) is 1.80. The highest BCUT2D eigenvalue weighted by Gasteiger charge is 2.16. The molecule has 1 aromatic carbocycles. The van der Waals surface area contributed by atoms with Gasteiger partial charge in [-0.3, -0.25) is 0 Å². The zero-order valence-corrected chi connectivity index (χ0v) is 12.8. The number of ether oxygens (including phenoxy) is 1. The lowest BCUT2D eigenvalue weighted by Gasteiger charge is -2.16. The first-order chi connectivity index (χ1) is 9.93. The molecule has 112 valence electrons. The highest BCUT2D eigenvalue weighted by atomic mass is 19.1. The van der Waals surface area contributed by atoms with Gasteiger partial charge in [0, 0.05) is 5.69 Å². The predicted octanol–water partition coefficient (Wildman–Crippen LogP) is 3.98. The summed E-state index contributed by atoms with van der Waals surface area (Å²) < 4.78 is 19.9. The van der Waals surface area contributed by atoms with Crippen molar-refractivity contribution in [2.45, 2.75) is 40.0 Å². The second kappa shape index (κ2) is 6.08. The summed E-state index contributed by atoms with van der Waals surface area (Å²) in [5, 5.41) is 0. The van der Waals surface area contributed by atoms with Crippen molar-refractivity contribution < 1.29 is 9.13 Å². The fraction of sp³-hybridized carbons (Fsp3) is 0.375. The number of benzene rings is 1. The van der Waals surface area contributed by atoms with Gasteiger partial charge >= 0.3 is 0 Å². The van der Waals surface area contributed by atoms with E-state index in [0.717, 1.165) is 11.1 Å². The molecule has 5 heteroatoms. The van der Waals surface area contributed by atoms with E-state index < -0.39 is 5.82 Å². The Balaban J connectivity index is 2.46. The summed E-state index contributed by atoms with van der Waals surface area (Å²) in [6.45, 7) is 7.79. The van der Waals surface area contributed by atoms with Crippen LogP contribution in [0.3, 0.4) is 0 Å². The Bertz CT molecular complexity index is 656. The van der Waals surface area contributed by atoms with Gasteiger partial charge in [-0.15, -0.1) is 0 Å². The quantitative estimate of drug-likeness (QED) is 0.865. The van der Waals surface area contributed by atoms with E-state index in [9.17, 15) is 4.39 Å². The number of rotatable bonds is 4. The van der Waals surface area contributed by atoms with E-state index in [1.165, 1.54) is 6.33 Å². The lowest BCUT2D eigenvalue weighted by Crippen LogP contribution is -2.03. The van der Waals surface area contributed by atoms with Crippen LogP contribution in [0.4, 0.5) is 10.1 Å². The molecule has 0 unspecified atom stereocenters. The van der Waals surface area contributed by atoms with Gasteiger partial charge in [-0.1, -0.05) is 20.8 Å². The Kier molecular flexibility index (Phi) is 4.40. The molecular weight excluding hydrogens is 269 g/mol. The lowest BCUT2D eigenvalue weighted by molar-refractivity contribution is 0.409. The van der Waals surface area contributed by atoms with Crippen molar-refractivity contribution in [3.63, 3.8) is 0 Å². The van der Waals surface area contributed by atoms with Gasteiger partial charge in [-0.2, -0.15) is 9.37 Å². The normalized spacial score (nSPS) is 11.0. The van der Waals surface area contributed by atoms with Crippen molar-refractivity contribution in [3.8, 4) is 11.6 Å². The van der Waals surface area contributed by atoms with Gasteiger partial charge in [0.2, 0.25) is 5.82 Å². The van der Waals surface area contributed by atoms with Gasteiger partial charge in [-0.05, 0) is 42.5 Å². The van der Waals surface area contributed by atoms with Crippen molar-refractivity contribution in [3.05, 3.63) is 41.1 Å². The molecule has 0 aliphatic rings. The maximum Gasteiger partial charge on any atom is 0.259 e. The molecule has 21 heavy (non-hydrogen) atoms. The second-order valence-corrected chi connectivity index (χ2v) is 5.30. The number of nitrogen functional groups attached to an aromatic ring is 1. The Hall–Kier alpha value is -2.17. The van der Waals surface area contributed by atoms with E-state index in [0.29, 0.717) is 23.6 Å². The second-order valence-electron chi connectivity index (χ2n) is 5.30. The highest BCUT2D eigenvalue weighted by molar-refractivity contribution is 5.55. The number of hydrogen-bond acceptors (Lipinski definition) is 4. The number of anilines is 1. The summed E-state index contributed by atoms with van der Waals surface area (Å²) >= 11 is 0. The van der Waals surface area contributed by atoms with Crippen molar-refractivity contribution in [1.29, 1.82) is 0 Å². The summed E-state index contributed by atoms with van der Waals surface area (Å²) in [7, 11) is 0. The molecule has 2 N–H and O–H groups in total. The Morgan fingerprint density at radius 1 is 1.29 bits per heavy atom. The Morgan fingerprint density at radius 2 is 2.00 bits per heavy atom. The molecule has 2 rings (SSSR count). The lowest BCUT2D eigenvalue weighted by atomic mass is 9.99. The van der Waals surface area contributed by atoms with Crippen LogP contribution in [0.25, 0.3) is 0 Å². The molecule has 0 aliphatic heterocycles. The van der Waals surface area contributed by atoms with Gasteiger partial charge in [0.15, 0.2) is 0 Å². The van der Waals surface area contributed by atoms with Crippen molar-refractivity contribution >= 4 is 5.69 Å². The van der Waals surface area contributed by atoms with E-state index in [2.05, 4.69) is 9.97 Å². The van der Waals surface area contributed by atoms with Gasteiger partial charge in [0.1, 0.15) is 12.1 Å². The van der Waals surface area contributed by atoms with E-state index in [-0.39, 0.29) is 11.8 Å². The molecule has 0 atom stereocenters. The van der Waals surface area contributed by atoms with Gasteiger partial charge in [0.05, 0.1) is 5.69 Å². The number of aromatic nitrogens is 2. The minimum Gasteiger partial charge on any atom is -0.436 e. The smallest absolute Gasteiger partial charge is 0.259 e. The molecule has 0 saturated carbocycles. The van der Waals surface area contributed by atoms with Crippen molar-refractivity contribution in [2.75, 3.05) is 5.73 Å². The largest absolute Gasteiger partial charge is 0.436 e. The molecular formula is C16H20FN3O. The maximum absolute atomic E-state index is 14.2. The molecule has 0 spiro atoms. The topological polar surface area (TPSA) is 61.0 Å². The molecule has 0 aliphatic carbocycles. The van der Waals surface area contributed by atoms with E-state index in [1.807, 2.05) is 39.8 Å². The monoisotopic (exact) mass is 289 g/mol. The number of nitrogens with zero attached hydrogens (tertiary/aromatic N) is 2. The van der Waals surface area contributed by atoms with Crippen LogP contribution in [0.2, 0.25) is 0 Å². The van der Waals surface area contributed by atoms with Gasteiger partial charge < -0.3 is 10.5 Å². The van der Waals surface area contributed by atoms with Crippen molar-refractivity contribution in [1.82, 2.24) is 9.97 Å². The molecule has 0 amide bonds. The molecule has 0 saturated heterocycles. The highest BCUT2D eigenvalue weighted by Crippen LogP contribution is 2.34. The summed E-state index contributed by atoms with van der Waals surface area (Å²) in [6, 6.07) is 3.69. The van der Waals surface area contributed by atoms with E-state index in [1.54, 1.807) is 0 Å². The third kappa shape index (κ3) is 3.12. The number of aryl methyl sites for hydroxylation is 2. The number of halogens is 1. The average Bonchev–Trinajstić information content (AvgIpc) is 2.44. The van der Waals surface area contributed by atoms with Crippen LogP contribution < -0.4 is 10.5 Å². The first-order valence-corrected chi connectivity index (χ1v) is 7.01. The predicted molar refractivity (Wildman–Crippen MR) is 81.1 cm³/mol. The number of hydrogen-bond donors (Lipinski definition) is 1. The van der Waals surface area contributed by atoms with Crippen LogP contribution in [0, 0.1) is 12.7 Å².